The number of nitrogens with one attached hydrogen (secondary N) is 1. The monoisotopic (exact) mass is 492 g/mol. The van der Waals surface area contributed by atoms with Gasteiger partial charge in [0.1, 0.15) is 0 Å². The Hall–Kier alpha value is -3.00. The SMILES string of the molecule is Cc1ccc(S(=O)(=O)N2CCC(C(=O)NCc3cccc(COCc4ccccc4)c3)CC2)cc1. The fraction of sp³-hybridized carbons (Fsp3) is 0.321. The first-order valence-electron chi connectivity index (χ1n) is 12.0. The molecule has 3 aromatic carbocycles. The summed E-state index contributed by atoms with van der Waals surface area (Å²) in [6.45, 7) is 4.12. The minimum Gasteiger partial charge on any atom is -0.372 e. The molecular weight excluding hydrogens is 460 g/mol. The molecule has 0 bridgehead atoms. The van der Waals surface area contributed by atoms with Gasteiger partial charge in [-0.3, -0.25) is 4.79 Å². The zero-order valence-corrected chi connectivity index (χ0v) is 20.8. The molecule has 184 valence electrons. The summed E-state index contributed by atoms with van der Waals surface area (Å²) in [5, 5.41) is 3.02. The topological polar surface area (TPSA) is 75.7 Å². The molecule has 0 spiro atoms. The van der Waals surface area contributed by atoms with E-state index in [0.717, 1.165) is 22.3 Å². The smallest absolute Gasteiger partial charge is 0.243 e. The van der Waals surface area contributed by atoms with E-state index in [-0.39, 0.29) is 11.8 Å². The fourth-order valence-corrected chi connectivity index (χ4v) is 5.71. The number of carbonyl (C=O) groups excluding carboxylic acids is 1. The van der Waals surface area contributed by atoms with Crippen LogP contribution in [0.1, 0.15) is 35.1 Å². The number of aryl methyl sites for hydroxylation is 1. The van der Waals surface area contributed by atoms with Crippen molar-refractivity contribution in [2.75, 3.05) is 13.1 Å². The highest BCUT2D eigenvalue weighted by atomic mass is 32.2. The van der Waals surface area contributed by atoms with Crippen molar-refractivity contribution in [1.82, 2.24) is 9.62 Å². The number of hydrogen-bond acceptors (Lipinski definition) is 4. The summed E-state index contributed by atoms with van der Waals surface area (Å²) in [6, 6.07) is 24.9. The van der Waals surface area contributed by atoms with Crippen LogP contribution in [0.2, 0.25) is 0 Å². The largest absolute Gasteiger partial charge is 0.372 e. The number of nitrogens with zero attached hydrogens (tertiary/aromatic N) is 1. The van der Waals surface area contributed by atoms with Crippen LogP contribution in [0.3, 0.4) is 0 Å². The predicted molar refractivity (Wildman–Crippen MR) is 136 cm³/mol. The standard InChI is InChI=1S/C28H32N2O4S/c1-22-10-12-27(13-11-22)35(32,33)30-16-14-26(15-17-30)28(31)29-19-24-8-5-9-25(18-24)21-34-20-23-6-3-2-4-7-23/h2-13,18,26H,14-17,19-21H2,1H3,(H,29,31). The zero-order valence-electron chi connectivity index (χ0n) is 20.0. The van der Waals surface area contributed by atoms with Crippen molar-refractivity contribution in [3.05, 3.63) is 101 Å². The van der Waals surface area contributed by atoms with Crippen LogP contribution in [-0.2, 0) is 39.3 Å². The van der Waals surface area contributed by atoms with Crippen LogP contribution in [0.4, 0.5) is 0 Å². The minimum atomic E-state index is -3.52. The fourth-order valence-electron chi connectivity index (χ4n) is 4.24. The molecule has 3 aromatic rings. The molecular formula is C28H32N2O4S. The Morgan fingerprint density at radius 2 is 1.51 bits per heavy atom. The van der Waals surface area contributed by atoms with Crippen LogP contribution in [0.15, 0.2) is 83.8 Å². The third-order valence-electron chi connectivity index (χ3n) is 6.32. The van der Waals surface area contributed by atoms with Crippen molar-refractivity contribution >= 4 is 15.9 Å². The molecule has 0 saturated carbocycles. The summed E-state index contributed by atoms with van der Waals surface area (Å²) in [5.74, 6) is -0.208. The predicted octanol–water partition coefficient (Wildman–Crippen LogP) is 4.43. The van der Waals surface area contributed by atoms with Gasteiger partial charge in [0.15, 0.2) is 0 Å². The summed E-state index contributed by atoms with van der Waals surface area (Å²) in [5.41, 5.74) is 4.22. The molecule has 1 fully saturated rings. The lowest BCUT2D eigenvalue weighted by molar-refractivity contribution is -0.126. The average Bonchev–Trinajstić information content (AvgIpc) is 2.88. The van der Waals surface area contributed by atoms with Gasteiger partial charge in [0.25, 0.3) is 0 Å². The number of carbonyl (C=O) groups is 1. The van der Waals surface area contributed by atoms with Gasteiger partial charge in [-0.1, -0.05) is 72.3 Å². The first-order chi connectivity index (χ1) is 16.9. The maximum absolute atomic E-state index is 12.9. The number of benzene rings is 3. The van der Waals surface area contributed by atoms with Gasteiger partial charge in [0.2, 0.25) is 15.9 Å². The molecule has 0 atom stereocenters. The van der Waals surface area contributed by atoms with E-state index in [0.29, 0.717) is 50.6 Å². The molecule has 0 aromatic heterocycles. The molecule has 0 radical (unpaired) electrons. The molecule has 6 nitrogen and oxygen atoms in total. The quantitative estimate of drug-likeness (QED) is 0.480. The number of amides is 1. The Kier molecular flexibility index (Phi) is 8.33. The Labute approximate surface area is 208 Å². The van der Waals surface area contributed by atoms with Gasteiger partial charge in [0.05, 0.1) is 18.1 Å². The van der Waals surface area contributed by atoms with Crippen LogP contribution in [-0.4, -0.2) is 31.7 Å². The van der Waals surface area contributed by atoms with Crippen LogP contribution in [0, 0.1) is 12.8 Å². The Morgan fingerprint density at radius 1 is 0.886 bits per heavy atom. The van der Waals surface area contributed by atoms with Crippen molar-refractivity contribution in [2.45, 2.75) is 44.4 Å². The Morgan fingerprint density at radius 3 is 2.23 bits per heavy atom. The third-order valence-corrected chi connectivity index (χ3v) is 8.23. The third kappa shape index (κ3) is 6.78. The summed E-state index contributed by atoms with van der Waals surface area (Å²) < 4.78 is 33.1. The lowest BCUT2D eigenvalue weighted by Gasteiger charge is -2.30. The van der Waals surface area contributed by atoms with Gasteiger partial charge in [-0.25, -0.2) is 8.42 Å². The van der Waals surface area contributed by atoms with Crippen LogP contribution in [0.5, 0.6) is 0 Å². The number of piperidine rings is 1. The van der Waals surface area contributed by atoms with Crippen molar-refractivity contribution in [3.63, 3.8) is 0 Å². The number of rotatable bonds is 9. The average molecular weight is 493 g/mol. The normalized spacial score (nSPS) is 15.1. The second-order valence-electron chi connectivity index (χ2n) is 9.01. The number of sulfonamides is 1. The Balaban J connectivity index is 1.23. The first-order valence-corrected chi connectivity index (χ1v) is 13.4. The molecule has 1 aliphatic heterocycles. The summed E-state index contributed by atoms with van der Waals surface area (Å²) in [4.78, 5) is 13.0. The highest BCUT2D eigenvalue weighted by Crippen LogP contribution is 2.24. The van der Waals surface area contributed by atoms with Crippen molar-refractivity contribution in [2.24, 2.45) is 5.92 Å². The van der Waals surface area contributed by atoms with Crippen LogP contribution >= 0.6 is 0 Å². The molecule has 1 N–H and O–H groups in total. The van der Waals surface area contributed by atoms with Gasteiger partial charge < -0.3 is 10.1 Å². The summed E-state index contributed by atoms with van der Waals surface area (Å²) in [7, 11) is -3.52. The van der Waals surface area contributed by atoms with Gasteiger partial charge >= 0.3 is 0 Å². The van der Waals surface area contributed by atoms with Gasteiger partial charge in [-0.2, -0.15) is 4.31 Å². The van der Waals surface area contributed by atoms with E-state index in [9.17, 15) is 13.2 Å². The van der Waals surface area contributed by atoms with E-state index < -0.39 is 10.0 Å². The van der Waals surface area contributed by atoms with Crippen molar-refractivity contribution < 1.29 is 17.9 Å². The molecule has 1 saturated heterocycles. The molecule has 7 heteroatoms. The summed E-state index contributed by atoms with van der Waals surface area (Å²) >= 11 is 0. The maximum Gasteiger partial charge on any atom is 0.243 e. The zero-order chi connectivity index (χ0) is 24.7. The summed E-state index contributed by atoms with van der Waals surface area (Å²) in [6.07, 6.45) is 1.04. The minimum absolute atomic E-state index is 0.0249. The highest BCUT2D eigenvalue weighted by Gasteiger charge is 2.31. The first kappa shape index (κ1) is 25.1. The van der Waals surface area contributed by atoms with E-state index in [1.807, 2.05) is 61.5 Å². The van der Waals surface area contributed by atoms with E-state index in [1.165, 1.54) is 4.31 Å². The van der Waals surface area contributed by atoms with Crippen LogP contribution < -0.4 is 5.32 Å². The molecule has 1 aliphatic rings. The molecule has 1 amide bonds. The van der Waals surface area contributed by atoms with E-state index in [1.54, 1.807) is 24.3 Å². The lowest BCUT2D eigenvalue weighted by atomic mass is 9.97. The van der Waals surface area contributed by atoms with Gasteiger partial charge in [-0.05, 0) is 48.6 Å². The number of hydrogen-bond donors (Lipinski definition) is 1. The molecule has 4 rings (SSSR count). The Bertz CT molecular complexity index is 1220. The molecule has 0 aliphatic carbocycles. The number of ether oxygens (including phenoxy) is 1. The molecule has 0 unspecified atom stereocenters. The van der Waals surface area contributed by atoms with Gasteiger partial charge in [-0.15, -0.1) is 0 Å². The van der Waals surface area contributed by atoms with E-state index in [2.05, 4.69) is 5.32 Å². The second-order valence-corrected chi connectivity index (χ2v) is 10.9. The second kappa shape index (κ2) is 11.6. The van der Waals surface area contributed by atoms with Crippen molar-refractivity contribution in [3.8, 4) is 0 Å². The van der Waals surface area contributed by atoms with Gasteiger partial charge in [0, 0.05) is 25.6 Å². The molecule has 35 heavy (non-hydrogen) atoms. The van der Waals surface area contributed by atoms with E-state index >= 15 is 0 Å². The highest BCUT2D eigenvalue weighted by molar-refractivity contribution is 7.89. The maximum atomic E-state index is 12.9. The van der Waals surface area contributed by atoms with Crippen LogP contribution in [0.25, 0.3) is 0 Å². The van der Waals surface area contributed by atoms with Crippen molar-refractivity contribution in [1.29, 1.82) is 0 Å². The van der Waals surface area contributed by atoms with E-state index in [4.69, 9.17) is 4.74 Å². The molecule has 1 heterocycles. The lowest BCUT2D eigenvalue weighted by Crippen LogP contribution is -2.42.